The van der Waals surface area contributed by atoms with Crippen molar-refractivity contribution in [3.05, 3.63) is 82.4 Å². The molecule has 0 heterocycles. The van der Waals surface area contributed by atoms with E-state index >= 15 is 0 Å². The molecule has 0 aliphatic heterocycles. The van der Waals surface area contributed by atoms with Gasteiger partial charge in [0, 0.05) is 61.7 Å². The van der Waals surface area contributed by atoms with Crippen molar-refractivity contribution in [3.8, 4) is 23.7 Å². The van der Waals surface area contributed by atoms with Gasteiger partial charge in [-0.2, -0.15) is 0 Å². The number of nitrogens with one attached hydrogen (secondary N) is 2. The summed E-state index contributed by atoms with van der Waals surface area (Å²) in [6, 6.07) is 21.1. The Morgan fingerprint density at radius 2 is 0.812 bits per heavy atom. The van der Waals surface area contributed by atoms with Gasteiger partial charge in [-0.15, -0.1) is 0 Å². The van der Waals surface area contributed by atoms with Crippen LogP contribution in [0.15, 0.2) is 60.7 Å². The third-order valence-electron chi connectivity index (χ3n) is 4.64. The van der Waals surface area contributed by atoms with Gasteiger partial charge in [-0.1, -0.05) is 48.2 Å². The molecule has 0 bridgehead atoms. The molecule has 0 aliphatic carbocycles. The molecule has 0 atom stereocenters. The van der Waals surface area contributed by atoms with Crippen molar-refractivity contribution in [2.45, 2.75) is 107 Å². The summed E-state index contributed by atoms with van der Waals surface area (Å²) in [5.41, 5.74) is 2.02. The molecule has 6 nitrogen and oxygen atoms in total. The molecular weight excluding hydrogens is 753 g/mol. The SMILES string of the molecule is CC(C)[N-]C(C#Cc1ccccc1)=[NH+]C(C)C.CC(C)[N-]C(C#Cc1ccccc1)=[NH+]C(C)C.CCOCC.CCOCC.[Br-].[Br-].[Mg+2].[Mg+2]. The summed E-state index contributed by atoms with van der Waals surface area (Å²) in [7, 11) is 0. The predicted molar refractivity (Wildman–Crippen MR) is 202 cm³/mol. The van der Waals surface area contributed by atoms with Gasteiger partial charge in [0.2, 0.25) is 0 Å². The van der Waals surface area contributed by atoms with Crippen LogP contribution >= 0.6 is 0 Å². The molecule has 0 saturated carbocycles. The van der Waals surface area contributed by atoms with Crippen LogP contribution in [0, 0.1) is 23.7 Å². The minimum absolute atomic E-state index is 0. The maximum Gasteiger partial charge on any atom is 2.00 e. The van der Waals surface area contributed by atoms with Gasteiger partial charge in [0.1, 0.15) is 0 Å². The van der Waals surface area contributed by atoms with Gasteiger partial charge < -0.3 is 53.4 Å². The number of benzene rings is 2. The zero-order valence-corrected chi connectivity index (χ0v) is 37.8. The van der Waals surface area contributed by atoms with Gasteiger partial charge in [-0.3, -0.25) is 10.6 Å². The number of nitrogens with zero attached hydrogens (tertiary/aromatic N) is 2. The summed E-state index contributed by atoms with van der Waals surface area (Å²) >= 11 is 0. The predicted octanol–water partition coefficient (Wildman–Crippen LogP) is -1.25. The maximum atomic E-state index is 4.83. The summed E-state index contributed by atoms with van der Waals surface area (Å²) < 4.78 is 9.67. The van der Waals surface area contributed by atoms with Crippen LogP contribution in [-0.2, 0) is 9.47 Å². The summed E-state index contributed by atoms with van der Waals surface area (Å²) in [6.07, 6.45) is 0. The Morgan fingerprint density at radius 1 is 0.542 bits per heavy atom. The van der Waals surface area contributed by atoms with Crippen LogP contribution in [0.25, 0.3) is 10.6 Å². The van der Waals surface area contributed by atoms with E-state index in [4.69, 9.17) is 9.47 Å². The Hall–Kier alpha value is -1.09. The normalized spacial score (nSPS) is 9.75. The van der Waals surface area contributed by atoms with Crippen molar-refractivity contribution in [1.29, 1.82) is 0 Å². The second-order valence-electron chi connectivity index (χ2n) is 10.5. The molecule has 0 spiro atoms. The second-order valence-corrected chi connectivity index (χ2v) is 10.5. The zero-order valence-electron chi connectivity index (χ0n) is 31.8. The van der Waals surface area contributed by atoms with Crippen LogP contribution in [0.1, 0.15) is 94.2 Å². The second kappa shape index (κ2) is 42.1. The first-order valence-electron chi connectivity index (χ1n) is 16.0. The number of amidine groups is 2. The third kappa shape index (κ3) is 42.9. The molecule has 0 amide bonds. The van der Waals surface area contributed by atoms with Crippen LogP contribution in [0.5, 0.6) is 0 Å². The first kappa shape index (κ1) is 59.1. The molecule has 2 aromatic rings. The Bertz CT molecular complexity index is 1050. The molecule has 260 valence electrons. The van der Waals surface area contributed by atoms with E-state index in [1.807, 2.05) is 116 Å². The summed E-state index contributed by atoms with van der Waals surface area (Å²) in [4.78, 5) is 6.52. The molecule has 0 unspecified atom stereocenters. The van der Waals surface area contributed by atoms with E-state index in [1.54, 1.807) is 0 Å². The van der Waals surface area contributed by atoms with Gasteiger partial charge >= 0.3 is 46.1 Å². The molecule has 2 rings (SSSR count). The fourth-order valence-corrected chi connectivity index (χ4v) is 2.99. The van der Waals surface area contributed by atoms with Crippen LogP contribution in [0.3, 0.4) is 0 Å². The average molecular weight is 813 g/mol. The molecule has 10 heteroatoms. The minimum atomic E-state index is 0. The van der Waals surface area contributed by atoms with E-state index in [2.05, 4.69) is 72.0 Å². The van der Waals surface area contributed by atoms with Gasteiger partial charge in [0.05, 0.1) is 0 Å². The van der Waals surface area contributed by atoms with E-state index in [1.165, 1.54) is 0 Å². The van der Waals surface area contributed by atoms with E-state index in [0.717, 1.165) is 49.2 Å². The molecule has 48 heavy (non-hydrogen) atoms. The van der Waals surface area contributed by atoms with E-state index < -0.39 is 0 Å². The number of halogens is 2. The zero-order chi connectivity index (χ0) is 33.6. The molecule has 2 N–H and O–H groups in total. The smallest absolute Gasteiger partial charge is 1.00 e. The van der Waals surface area contributed by atoms with Crippen molar-refractivity contribution in [2.24, 2.45) is 0 Å². The fraction of sp³-hybridized carbons (Fsp3) is 0.526. The first-order chi connectivity index (χ1) is 21.0. The van der Waals surface area contributed by atoms with Gasteiger partial charge in [-0.05, 0) is 119 Å². The number of hydrogen-bond donors (Lipinski definition) is 2. The minimum Gasteiger partial charge on any atom is -1.00 e. The molecule has 0 fully saturated rings. The maximum absolute atomic E-state index is 4.83. The molecule has 2 aromatic carbocycles. The van der Waals surface area contributed by atoms with Crippen molar-refractivity contribution in [1.82, 2.24) is 0 Å². The topological polar surface area (TPSA) is 74.6 Å². The molecular formula is C38H60Br2Mg2N4O2+2. The van der Waals surface area contributed by atoms with Crippen molar-refractivity contribution in [2.75, 3.05) is 26.4 Å². The Morgan fingerprint density at radius 3 is 1.00 bits per heavy atom. The quantitative estimate of drug-likeness (QED) is 0.152. The number of hydrogen-bond acceptors (Lipinski definition) is 2. The van der Waals surface area contributed by atoms with Gasteiger partial charge in [0.25, 0.3) is 0 Å². The molecule has 0 saturated heterocycles. The van der Waals surface area contributed by atoms with Crippen molar-refractivity contribution >= 4 is 57.8 Å². The monoisotopic (exact) mass is 810 g/mol. The molecule has 0 aliphatic rings. The Kier molecular flexibility index (Phi) is 51.8. The summed E-state index contributed by atoms with van der Waals surface area (Å²) in [5, 5.41) is 8.93. The van der Waals surface area contributed by atoms with E-state index in [-0.39, 0.29) is 92.2 Å². The fourth-order valence-electron chi connectivity index (χ4n) is 2.99. The Balaban J connectivity index is -0.000000135. The number of ether oxygens (including phenoxy) is 2. The van der Waals surface area contributed by atoms with Crippen molar-refractivity contribution in [3.63, 3.8) is 0 Å². The van der Waals surface area contributed by atoms with Crippen LogP contribution < -0.4 is 43.9 Å². The van der Waals surface area contributed by atoms with E-state index in [0.29, 0.717) is 12.1 Å². The van der Waals surface area contributed by atoms with E-state index in [9.17, 15) is 0 Å². The summed E-state index contributed by atoms with van der Waals surface area (Å²) in [6.45, 7) is 27.9. The summed E-state index contributed by atoms with van der Waals surface area (Å²) in [5.74, 6) is 13.9. The molecule has 0 aromatic heterocycles. The molecule has 0 radical (unpaired) electrons. The van der Waals surface area contributed by atoms with Crippen molar-refractivity contribution < 1.29 is 53.4 Å². The van der Waals surface area contributed by atoms with Crippen LogP contribution in [0.2, 0.25) is 0 Å². The van der Waals surface area contributed by atoms with Gasteiger partial charge in [-0.25, -0.2) is 0 Å². The van der Waals surface area contributed by atoms with Crippen LogP contribution in [-0.4, -0.2) is 108 Å². The standard InChI is InChI=1S/2C15H19N2.2C4H10O.2BrH.2Mg/c2*1-12(2)16-15(17-13(3)4)11-10-14-8-6-5-7-9-14;2*1-3-5-4-2;;;;/h2*5-9,12-13H,1-4H3;2*3-4H2,1-2H3;2*1H;;/q2*-1;;;;;2*+2. The Labute approximate surface area is 348 Å². The van der Waals surface area contributed by atoms with Gasteiger partial charge in [0.15, 0.2) is 11.7 Å². The number of rotatable bonds is 8. The largest absolute Gasteiger partial charge is 2.00 e. The van der Waals surface area contributed by atoms with Crippen LogP contribution in [0.4, 0.5) is 0 Å². The average Bonchev–Trinajstić information content (AvgIpc) is 2.96. The third-order valence-corrected chi connectivity index (χ3v) is 4.64. The first-order valence-corrected chi connectivity index (χ1v) is 16.0.